The van der Waals surface area contributed by atoms with Crippen LogP contribution in [0.15, 0.2) is 5.11 Å². The van der Waals surface area contributed by atoms with Gasteiger partial charge in [-0.3, -0.25) is 4.18 Å². The number of hydrogen-bond acceptors (Lipinski definition) is 4. The lowest BCUT2D eigenvalue weighted by Crippen LogP contribution is -2.14. The zero-order valence-corrected chi connectivity index (χ0v) is 7.78. The second-order valence-electron chi connectivity index (χ2n) is 2.25. The van der Waals surface area contributed by atoms with Crippen LogP contribution in [0.2, 0.25) is 0 Å². The van der Waals surface area contributed by atoms with Gasteiger partial charge in [-0.2, -0.15) is 8.42 Å². The van der Waals surface area contributed by atoms with E-state index in [2.05, 4.69) is 14.2 Å². The molecule has 12 heavy (non-hydrogen) atoms. The van der Waals surface area contributed by atoms with Crippen molar-refractivity contribution < 1.29 is 12.6 Å². The standard InChI is InChI=1S/C5H11N3O3S/c1-3-4-5(7-8-6)11-12(2,9)10/h5H,3-4H2,1-2H3. The van der Waals surface area contributed by atoms with Crippen molar-refractivity contribution in [3.63, 3.8) is 0 Å². The molecule has 0 saturated heterocycles. The number of rotatable bonds is 5. The zero-order valence-electron chi connectivity index (χ0n) is 6.97. The Bertz CT molecular complexity index is 268. The predicted octanol–water partition coefficient (Wildman–Crippen LogP) is 1.40. The fraction of sp³-hybridized carbons (Fsp3) is 1.00. The number of nitrogens with zero attached hydrogens (tertiary/aromatic N) is 3. The van der Waals surface area contributed by atoms with Crippen LogP contribution in [-0.4, -0.2) is 20.9 Å². The van der Waals surface area contributed by atoms with Gasteiger partial charge in [-0.05, 0) is 12.0 Å². The Morgan fingerprint density at radius 1 is 1.67 bits per heavy atom. The second kappa shape index (κ2) is 4.97. The second-order valence-corrected chi connectivity index (χ2v) is 3.85. The van der Waals surface area contributed by atoms with Gasteiger partial charge in [0.15, 0.2) is 6.23 Å². The SMILES string of the molecule is CCCC(N=[N+]=[N-])OS(C)(=O)=O. The van der Waals surface area contributed by atoms with Crippen molar-refractivity contribution in [3.8, 4) is 0 Å². The molecule has 0 N–H and O–H groups in total. The average molecular weight is 193 g/mol. The summed E-state index contributed by atoms with van der Waals surface area (Å²) in [4.78, 5) is 2.47. The number of azide groups is 1. The highest BCUT2D eigenvalue weighted by Crippen LogP contribution is 2.06. The summed E-state index contributed by atoms with van der Waals surface area (Å²) >= 11 is 0. The largest absolute Gasteiger partial charge is 0.264 e. The quantitative estimate of drug-likeness (QED) is 0.286. The minimum atomic E-state index is -3.53. The molecule has 0 aliphatic rings. The summed E-state index contributed by atoms with van der Waals surface area (Å²) in [5.41, 5.74) is 8.04. The minimum Gasteiger partial charge on any atom is -0.261 e. The van der Waals surface area contributed by atoms with Crippen molar-refractivity contribution in [1.82, 2.24) is 0 Å². The maximum atomic E-state index is 10.6. The summed E-state index contributed by atoms with van der Waals surface area (Å²) in [6.45, 7) is 1.84. The predicted molar refractivity (Wildman–Crippen MR) is 43.8 cm³/mol. The van der Waals surface area contributed by atoms with E-state index in [0.717, 1.165) is 6.26 Å². The molecular weight excluding hydrogens is 182 g/mol. The van der Waals surface area contributed by atoms with E-state index in [1.807, 2.05) is 6.92 Å². The van der Waals surface area contributed by atoms with Gasteiger partial charge in [0.2, 0.25) is 0 Å². The van der Waals surface area contributed by atoms with Crippen molar-refractivity contribution in [1.29, 1.82) is 0 Å². The first-order valence-electron chi connectivity index (χ1n) is 3.42. The van der Waals surface area contributed by atoms with Gasteiger partial charge in [0.05, 0.1) is 6.26 Å². The molecule has 70 valence electrons. The molecule has 6 nitrogen and oxygen atoms in total. The van der Waals surface area contributed by atoms with Crippen LogP contribution in [0.3, 0.4) is 0 Å². The van der Waals surface area contributed by atoms with Gasteiger partial charge in [0.1, 0.15) is 0 Å². The Morgan fingerprint density at radius 3 is 2.58 bits per heavy atom. The monoisotopic (exact) mass is 193 g/mol. The topological polar surface area (TPSA) is 92.1 Å². The lowest BCUT2D eigenvalue weighted by atomic mass is 10.3. The van der Waals surface area contributed by atoms with Crippen LogP contribution in [0.4, 0.5) is 0 Å². The molecule has 0 amide bonds. The van der Waals surface area contributed by atoms with Crippen LogP contribution in [-0.2, 0) is 14.3 Å². The van der Waals surface area contributed by atoms with E-state index in [1.165, 1.54) is 0 Å². The number of hydrogen-bond donors (Lipinski definition) is 0. The minimum absolute atomic E-state index is 0.400. The van der Waals surface area contributed by atoms with Crippen LogP contribution in [0.1, 0.15) is 19.8 Å². The molecule has 0 spiro atoms. The summed E-state index contributed by atoms with van der Waals surface area (Å²) < 4.78 is 25.6. The van der Waals surface area contributed by atoms with Gasteiger partial charge in [0.25, 0.3) is 10.1 Å². The molecule has 1 unspecified atom stereocenters. The van der Waals surface area contributed by atoms with E-state index in [9.17, 15) is 8.42 Å². The first-order valence-corrected chi connectivity index (χ1v) is 5.23. The highest BCUT2D eigenvalue weighted by Gasteiger charge is 2.11. The first kappa shape index (κ1) is 11.2. The molecule has 0 aliphatic heterocycles. The van der Waals surface area contributed by atoms with Gasteiger partial charge < -0.3 is 0 Å². The smallest absolute Gasteiger partial charge is 0.261 e. The first-order chi connectivity index (χ1) is 5.49. The Kier molecular flexibility index (Phi) is 4.65. The van der Waals surface area contributed by atoms with E-state index in [-0.39, 0.29) is 0 Å². The fourth-order valence-corrected chi connectivity index (χ4v) is 1.17. The molecule has 0 heterocycles. The maximum Gasteiger partial charge on any atom is 0.264 e. The van der Waals surface area contributed by atoms with Crippen LogP contribution < -0.4 is 0 Å². The Balaban J connectivity index is 4.23. The normalized spacial score (nSPS) is 13.5. The summed E-state index contributed by atoms with van der Waals surface area (Å²) in [7, 11) is -3.53. The van der Waals surface area contributed by atoms with Gasteiger partial charge in [-0.1, -0.05) is 18.5 Å². The maximum absolute atomic E-state index is 10.6. The molecule has 7 heteroatoms. The molecule has 0 aliphatic carbocycles. The van der Waals surface area contributed by atoms with Gasteiger partial charge >= 0.3 is 0 Å². The molecule has 1 atom stereocenters. The Labute approximate surface area is 71.3 Å². The molecule has 0 aromatic rings. The lowest BCUT2D eigenvalue weighted by Gasteiger charge is -2.07. The molecule has 0 rings (SSSR count). The van der Waals surface area contributed by atoms with E-state index in [0.29, 0.717) is 12.8 Å². The van der Waals surface area contributed by atoms with Crippen LogP contribution in [0.25, 0.3) is 10.4 Å². The van der Waals surface area contributed by atoms with Gasteiger partial charge in [0, 0.05) is 4.91 Å². The highest BCUT2D eigenvalue weighted by molar-refractivity contribution is 7.86. The van der Waals surface area contributed by atoms with Crippen LogP contribution in [0.5, 0.6) is 0 Å². The molecule has 0 radical (unpaired) electrons. The molecule has 0 fully saturated rings. The summed E-state index contributed by atoms with van der Waals surface area (Å²) in [5, 5.41) is 3.18. The fourth-order valence-electron chi connectivity index (χ4n) is 0.631. The van der Waals surface area contributed by atoms with Crippen molar-refractivity contribution >= 4 is 10.1 Å². The molecular formula is C5H11N3O3S. The van der Waals surface area contributed by atoms with E-state index >= 15 is 0 Å². The Morgan fingerprint density at radius 2 is 2.25 bits per heavy atom. The van der Waals surface area contributed by atoms with Crippen LogP contribution >= 0.6 is 0 Å². The van der Waals surface area contributed by atoms with Crippen LogP contribution in [0, 0.1) is 0 Å². The Hall–Kier alpha value is -0.780. The third-order valence-electron chi connectivity index (χ3n) is 1.00. The zero-order chi connectivity index (χ0) is 9.61. The summed E-state index contributed by atoms with van der Waals surface area (Å²) in [6.07, 6.45) is 1.11. The third kappa shape index (κ3) is 5.96. The molecule has 0 aromatic heterocycles. The van der Waals surface area contributed by atoms with E-state index in [4.69, 9.17) is 5.53 Å². The molecule has 0 aromatic carbocycles. The van der Waals surface area contributed by atoms with Crippen molar-refractivity contribution in [2.45, 2.75) is 26.0 Å². The highest BCUT2D eigenvalue weighted by atomic mass is 32.2. The van der Waals surface area contributed by atoms with E-state index in [1.54, 1.807) is 0 Å². The summed E-state index contributed by atoms with van der Waals surface area (Å²) in [6, 6.07) is 0. The lowest BCUT2D eigenvalue weighted by molar-refractivity contribution is 0.207. The van der Waals surface area contributed by atoms with Crippen molar-refractivity contribution in [2.75, 3.05) is 6.26 Å². The average Bonchev–Trinajstić information content (AvgIpc) is 1.84. The van der Waals surface area contributed by atoms with Crippen molar-refractivity contribution in [3.05, 3.63) is 10.4 Å². The van der Waals surface area contributed by atoms with E-state index < -0.39 is 16.3 Å². The third-order valence-corrected chi connectivity index (χ3v) is 1.57. The van der Waals surface area contributed by atoms with Gasteiger partial charge in [-0.15, -0.1) is 0 Å². The molecule has 0 bridgehead atoms. The summed E-state index contributed by atoms with van der Waals surface area (Å²) in [5.74, 6) is 0. The van der Waals surface area contributed by atoms with Gasteiger partial charge in [-0.25, -0.2) is 0 Å². The molecule has 0 saturated carbocycles. The van der Waals surface area contributed by atoms with Crippen molar-refractivity contribution in [2.24, 2.45) is 5.11 Å².